The molecular formula is C19H17Cl3N4OS. The van der Waals surface area contributed by atoms with Crippen LogP contribution in [-0.2, 0) is 11.8 Å². The molecule has 1 aromatic heterocycles. The molecule has 0 spiro atoms. The van der Waals surface area contributed by atoms with E-state index < -0.39 is 5.25 Å². The van der Waals surface area contributed by atoms with E-state index in [-0.39, 0.29) is 16.0 Å². The third-order valence-electron chi connectivity index (χ3n) is 4.13. The molecule has 0 aliphatic heterocycles. The van der Waals surface area contributed by atoms with Crippen molar-refractivity contribution in [3.63, 3.8) is 0 Å². The summed E-state index contributed by atoms with van der Waals surface area (Å²) < 4.78 is 1.87. The molecule has 28 heavy (non-hydrogen) atoms. The first-order valence-electron chi connectivity index (χ1n) is 8.35. The minimum Gasteiger partial charge on any atom is -0.323 e. The van der Waals surface area contributed by atoms with Crippen LogP contribution in [0.4, 0.5) is 5.69 Å². The summed E-state index contributed by atoms with van der Waals surface area (Å²) in [6.45, 7) is 3.80. The summed E-state index contributed by atoms with van der Waals surface area (Å²) in [5.41, 5.74) is 2.44. The monoisotopic (exact) mass is 454 g/mol. The van der Waals surface area contributed by atoms with Gasteiger partial charge in [-0.05, 0) is 31.5 Å². The van der Waals surface area contributed by atoms with Crippen LogP contribution in [0.2, 0.25) is 15.1 Å². The van der Waals surface area contributed by atoms with Gasteiger partial charge in [0.05, 0.1) is 21.0 Å². The normalized spacial score (nSPS) is 12.1. The Bertz CT molecular complexity index is 1010. The van der Waals surface area contributed by atoms with Crippen LogP contribution in [0, 0.1) is 6.92 Å². The largest absolute Gasteiger partial charge is 0.323 e. The molecule has 1 N–H and O–H groups in total. The number of carbonyl (C=O) groups is 1. The summed E-state index contributed by atoms with van der Waals surface area (Å²) in [6.07, 6.45) is 0. The number of carbonyl (C=O) groups excluding carboxylic acids is 1. The van der Waals surface area contributed by atoms with Gasteiger partial charge in [0.15, 0.2) is 11.0 Å². The van der Waals surface area contributed by atoms with Crippen molar-refractivity contribution >= 4 is 58.2 Å². The quantitative estimate of drug-likeness (QED) is 0.489. The minimum absolute atomic E-state index is 0.253. The average Bonchev–Trinajstić information content (AvgIpc) is 2.98. The Kier molecular flexibility index (Phi) is 6.55. The highest BCUT2D eigenvalue weighted by Gasteiger charge is 2.21. The number of nitrogens with zero attached hydrogens (tertiary/aromatic N) is 3. The summed E-state index contributed by atoms with van der Waals surface area (Å²) in [6, 6.07) is 11.0. The van der Waals surface area contributed by atoms with Crippen LogP contribution in [-0.4, -0.2) is 25.9 Å². The Balaban J connectivity index is 1.76. The second-order valence-corrected chi connectivity index (χ2v) is 8.73. The number of thioether (sulfide) groups is 1. The zero-order chi connectivity index (χ0) is 20.4. The van der Waals surface area contributed by atoms with Crippen molar-refractivity contribution < 1.29 is 4.79 Å². The number of hydrogen-bond acceptors (Lipinski definition) is 4. The van der Waals surface area contributed by atoms with Crippen molar-refractivity contribution in [3.05, 3.63) is 57.0 Å². The number of nitrogens with one attached hydrogen (secondary N) is 1. The van der Waals surface area contributed by atoms with E-state index in [1.54, 1.807) is 6.92 Å². The second kappa shape index (κ2) is 8.74. The van der Waals surface area contributed by atoms with Crippen LogP contribution in [0.1, 0.15) is 12.5 Å². The molecule has 1 amide bonds. The molecule has 3 rings (SSSR count). The van der Waals surface area contributed by atoms with Gasteiger partial charge in [-0.2, -0.15) is 0 Å². The second-order valence-electron chi connectivity index (χ2n) is 6.17. The molecule has 0 fully saturated rings. The summed E-state index contributed by atoms with van der Waals surface area (Å²) in [5.74, 6) is 0.494. The molecule has 0 bridgehead atoms. The Labute approximate surface area is 182 Å². The lowest BCUT2D eigenvalue weighted by molar-refractivity contribution is -0.115. The first-order chi connectivity index (χ1) is 13.3. The molecule has 1 heterocycles. The number of benzene rings is 2. The lowest BCUT2D eigenvalue weighted by Gasteiger charge is -2.14. The zero-order valence-corrected chi connectivity index (χ0v) is 18.4. The Morgan fingerprint density at radius 3 is 2.43 bits per heavy atom. The maximum Gasteiger partial charge on any atom is 0.237 e. The van der Waals surface area contributed by atoms with E-state index in [4.69, 9.17) is 34.8 Å². The predicted molar refractivity (Wildman–Crippen MR) is 117 cm³/mol. The standard InChI is InChI=1S/C19H17Cl3N4OS/c1-10-6-4-5-7-13(10)17-24-25-19(26(17)3)28-11(2)18(27)23-16-14(21)8-12(20)9-15(16)22/h4-9,11H,1-3H3,(H,23,27). The first kappa shape index (κ1) is 21.0. The number of hydrogen-bond donors (Lipinski definition) is 1. The zero-order valence-electron chi connectivity index (χ0n) is 15.3. The smallest absolute Gasteiger partial charge is 0.237 e. The van der Waals surface area contributed by atoms with Gasteiger partial charge in [0.2, 0.25) is 5.91 Å². The highest BCUT2D eigenvalue weighted by atomic mass is 35.5. The van der Waals surface area contributed by atoms with Crippen LogP contribution in [0.15, 0.2) is 41.6 Å². The topological polar surface area (TPSA) is 59.8 Å². The van der Waals surface area contributed by atoms with Crippen LogP contribution in [0.5, 0.6) is 0 Å². The van der Waals surface area contributed by atoms with Crippen molar-refractivity contribution in [2.45, 2.75) is 24.3 Å². The summed E-state index contributed by atoms with van der Waals surface area (Å²) in [7, 11) is 1.88. The average molecular weight is 456 g/mol. The van der Waals surface area contributed by atoms with Crippen molar-refractivity contribution in [3.8, 4) is 11.4 Å². The highest BCUT2D eigenvalue weighted by molar-refractivity contribution is 8.00. The van der Waals surface area contributed by atoms with Crippen LogP contribution >= 0.6 is 46.6 Å². The summed E-state index contributed by atoms with van der Waals surface area (Å²) in [4.78, 5) is 12.6. The molecule has 0 aliphatic rings. The first-order valence-corrected chi connectivity index (χ1v) is 10.4. The van der Waals surface area contributed by atoms with Crippen molar-refractivity contribution in [2.24, 2.45) is 7.05 Å². The molecule has 1 atom stereocenters. The summed E-state index contributed by atoms with van der Waals surface area (Å²) >= 11 is 19.5. The van der Waals surface area contributed by atoms with Gasteiger partial charge in [0.25, 0.3) is 0 Å². The molecule has 0 saturated carbocycles. The van der Waals surface area contributed by atoms with Crippen LogP contribution in [0.25, 0.3) is 11.4 Å². The van der Waals surface area contributed by atoms with Crippen molar-refractivity contribution in [1.29, 1.82) is 0 Å². The maximum atomic E-state index is 12.6. The maximum absolute atomic E-state index is 12.6. The number of amides is 1. The van der Waals surface area contributed by atoms with Crippen LogP contribution in [0.3, 0.4) is 0 Å². The van der Waals surface area contributed by atoms with E-state index >= 15 is 0 Å². The van der Waals surface area contributed by atoms with Gasteiger partial charge in [-0.25, -0.2) is 0 Å². The molecular weight excluding hydrogens is 439 g/mol. The van der Waals surface area contributed by atoms with Crippen LogP contribution < -0.4 is 5.32 Å². The van der Waals surface area contributed by atoms with Gasteiger partial charge in [-0.3, -0.25) is 4.79 Å². The number of aromatic nitrogens is 3. The Hall–Kier alpha value is -1.73. The lowest BCUT2D eigenvalue weighted by atomic mass is 10.1. The number of halogens is 3. The third-order valence-corrected chi connectivity index (χ3v) is 6.08. The van der Waals surface area contributed by atoms with Crippen molar-refractivity contribution in [2.75, 3.05) is 5.32 Å². The SMILES string of the molecule is Cc1ccccc1-c1nnc(SC(C)C(=O)Nc2c(Cl)cc(Cl)cc2Cl)n1C. The molecule has 1 unspecified atom stereocenters. The molecule has 5 nitrogen and oxygen atoms in total. The van der Waals surface area contributed by atoms with E-state index in [2.05, 4.69) is 15.5 Å². The van der Waals surface area contributed by atoms with Gasteiger partial charge >= 0.3 is 0 Å². The number of aryl methyl sites for hydroxylation is 1. The number of rotatable bonds is 5. The molecule has 0 aliphatic carbocycles. The minimum atomic E-state index is -0.449. The fourth-order valence-electron chi connectivity index (χ4n) is 2.57. The third kappa shape index (κ3) is 4.46. The number of anilines is 1. The van der Waals surface area contributed by atoms with Gasteiger partial charge in [0.1, 0.15) is 0 Å². The molecule has 2 aromatic carbocycles. The predicted octanol–water partition coefficient (Wildman–Crippen LogP) is 5.87. The van der Waals surface area contributed by atoms with Gasteiger partial charge < -0.3 is 9.88 Å². The Morgan fingerprint density at radius 2 is 1.79 bits per heavy atom. The van der Waals surface area contributed by atoms with E-state index in [0.717, 1.165) is 17.0 Å². The summed E-state index contributed by atoms with van der Waals surface area (Å²) in [5, 5.41) is 12.4. The van der Waals surface area contributed by atoms with E-state index in [1.165, 1.54) is 23.9 Å². The van der Waals surface area contributed by atoms with E-state index in [0.29, 0.717) is 15.9 Å². The molecule has 9 heteroatoms. The van der Waals surface area contributed by atoms with E-state index in [1.807, 2.05) is 42.8 Å². The molecule has 0 radical (unpaired) electrons. The van der Waals surface area contributed by atoms with Gasteiger partial charge in [-0.1, -0.05) is 70.8 Å². The molecule has 0 saturated heterocycles. The van der Waals surface area contributed by atoms with E-state index in [9.17, 15) is 4.79 Å². The highest BCUT2D eigenvalue weighted by Crippen LogP contribution is 2.34. The molecule has 146 valence electrons. The molecule has 3 aromatic rings. The van der Waals surface area contributed by atoms with Gasteiger partial charge in [0, 0.05) is 17.6 Å². The fraction of sp³-hybridized carbons (Fsp3) is 0.211. The van der Waals surface area contributed by atoms with Gasteiger partial charge in [-0.15, -0.1) is 10.2 Å². The van der Waals surface area contributed by atoms with Crippen molar-refractivity contribution in [1.82, 2.24) is 14.8 Å². The Morgan fingerprint density at radius 1 is 1.14 bits per heavy atom. The fourth-order valence-corrected chi connectivity index (χ4v) is 4.30. The lowest BCUT2D eigenvalue weighted by Crippen LogP contribution is -2.23.